The van der Waals surface area contributed by atoms with Crippen LogP contribution >= 0.6 is 12.2 Å². The summed E-state index contributed by atoms with van der Waals surface area (Å²) in [5, 5.41) is 4.14. The van der Waals surface area contributed by atoms with Gasteiger partial charge < -0.3 is 19.5 Å². The van der Waals surface area contributed by atoms with Crippen LogP contribution in [0.4, 0.5) is 0 Å². The number of hydrogen-bond acceptors (Lipinski definition) is 5. The number of aromatic nitrogens is 3. The highest BCUT2D eigenvalue weighted by Crippen LogP contribution is 2.41. The molecule has 0 aromatic carbocycles. The number of thiocarbonyl (C=S) groups is 1. The second kappa shape index (κ2) is 9.48. The van der Waals surface area contributed by atoms with E-state index in [0.29, 0.717) is 24.5 Å². The minimum absolute atomic E-state index is 0.0568. The van der Waals surface area contributed by atoms with Gasteiger partial charge in [-0.3, -0.25) is 9.78 Å². The first kappa shape index (κ1) is 22.0. The van der Waals surface area contributed by atoms with E-state index in [0.717, 1.165) is 28.5 Å². The van der Waals surface area contributed by atoms with Crippen molar-refractivity contribution in [2.45, 2.75) is 38.8 Å². The lowest BCUT2D eigenvalue weighted by molar-refractivity contribution is -0.140. The first-order valence-corrected chi connectivity index (χ1v) is 11.1. The van der Waals surface area contributed by atoms with E-state index in [1.807, 2.05) is 36.4 Å². The third-order valence-corrected chi connectivity index (χ3v) is 6.23. The molecule has 166 valence electrons. The quantitative estimate of drug-likeness (QED) is 0.434. The maximum absolute atomic E-state index is 11.7. The van der Waals surface area contributed by atoms with Crippen molar-refractivity contribution in [2.24, 2.45) is 0 Å². The average molecular weight is 450 g/mol. The van der Waals surface area contributed by atoms with Crippen molar-refractivity contribution in [1.29, 1.82) is 0 Å². The van der Waals surface area contributed by atoms with Crippen molar-refractivity contribution in [3.8, 4) is 5.82 Å². The number of carbonyl (C=O) groups excluding carboxylic acids is 1. The summed E-state index contributed by atoms with van der Waals surface area (Å²) < 4.78 is 6.97. The summed E-state index contributed by atoms with van der Waals surface area (Å²) in [5.74, 6) is 0.670. The van der Waals surface area contributed by atoms with Crippen LogP contribution in [0, 0.1) is 13.8 Å². The van der Waals surface area contributed by atoms with Crippen molar-refractivity contribution >= 4 is 23.3 Å². The van der Waals surface area contributed by atoms with E-state index in [9.17, 15) is 4.79 Å². The van der Waals surface area contributed by atoms with Crippen molar-refractivity contribution in [3.63, 3.8) is 0 Å². The van der Waals surface area contributed by atoms with Crippen molar-refractivity contribution < 1.29 is 9.53 Å². The molecular formula is C24H27N5O2S. The van der Waals surface area contributed by atoms with Crippen molar-refractivity contribution in [2.75, 3.05) is 13.7 Å². The first-order chi connectivity index (χ1) is 15.5. The summed E-state index contributed by atoms with van der Waals surface area (Å²) in [5.41, 5.74) is 4.30. The van der Waals surface area contributed by atoms with Crippen LogP contribution in [-0.2, 0) is 9.53 Å². The molecule has 32 heavy (non-hydrogen) atoms. The monoisotopic (exact) mass is 449 g/mol. The van der Waals surface area contributed by atoms with Crippen LogP contribution < -0.4 is 5.32 Å². The average Bonchev–Trinajstić information content (AvgIpc) is 3.29. The molecule has 3 aromatic heterocycles. The van der Waals surface area contributed by atoms with Gasteiger partial charge in [-0.25, -0.2) is 4.98 Å². The van der Waals surface area contributed by atoms with Gasteiger partial charge >= 0.3 is 5.97 Å². The molecule has 0 saturated carbocycles. The molecule has 1 aliphatic heterocycles. The van der Waals surface area contributed by atoms with E-state index in [4.69, 9.17) is 17.0 Å². The molecule has 4 heterocycles. The van der Waals surface area contributed by atoms with E-state index < -0.39 is 0 Å². The smallest absolute Gasteiger partial charge is 0.305 e. The van der Waals surface area contributed by atoms with Crippen LogP contribution in [0.2, 0.25) is 0 Å². The maximum atomic E-state index is 11.7. The van der Waals surface area contributed by atoms with Gasteiger partial charge in [0.15, 0.2) is 5.11 Å². The van der Waals surface area contributed by atoms with Gasteiger partial charge in [0.2, 0.25) is 0 Å². The summed E-state index contributed by atoms with van der Waals surface area (Å²) in [4.78, 5) is 23.0. The van der Waals surface area contributed by atoms with E-state index >= 15 is 0 Å². The van der Waals surface area contributed by atoms with Gasteiger partial charge in [-0.1, -0.05) is 12.1 Å². The Morgan fingerprint density at radius 1 is 1.16 bits per heavy atom. The number of carbonyl (C=O) groups is 1. The van der Waals surface area contributed by atoms with E-state index in [1.165, 1.54) is 7.11 Å². The Balaban J connectivity index is 1.74. The predicted octanol–water partition coefficient (Wildman–Crippen LogP) is 3.81. The Morgan fingerprint density at radius 2 is 1.91 bits per heavy atom. The zero-order valence-electron chi connectivity index (χ0n) is 18.5. The molecule has 0 radical (unpaired) electrons. The van der Waals surface area contributed by atoms with Crippen LogP contribution in [0.5, 0.6) is 0 Å². The number of aryl methyl sites for hydroxylation is 1. The molecule has 1 aliphatic rings. The third kappa shape index (κ3) is 4.23. The maximum Gasteiger partial charge on any atom is 0.305 e. The topological polar surface area (TPSA) is 72.3 Å². The molecule has 0 amide bonds. The molecule has 8 heteroatoms. The number of pyridine rings is 2. The third-order valence-electron chi connectivity index (χ3n) is 5.87. The summed E-state index contributed by atoms with van der Waals surface area (Å²) in [6.07, 6.45) is 4.60. The molecule has 7 nitrogen and oxygen atoms in total. The molecule has 1 N–H and O–H groups in total. The number of esters is 1. The van der Waals surface area contributed by atoms with Crippen molar-refractivity contribution in [1.82, 2.24) is 24.8 Å². The van der Waals surface area contributed by atoms with Gasteiger partial charge in [-0.15, -0.1) is 0 Å². The molecule has 2 atom stereocenters. The number of hydrogen-bond donors (Lipinski definition) is 1. The highest BCUT2D eigenvalue weighted by Gasteiger charge is 2.41. The van der Waals surface area contributed by atoms with E-state index in [2.05, 4.69) is 44.7 Å². The van der Waals surface area contributed by atoms with E-state index in [1.54, 1.807) is 12.4 Å². The van der Waals surface area contributed by atoms with Gasteiger partial charge in [0, 0.05) is 36.7 Å². The molecule has 1 fully saturated rings. The standard InChI is InChI=1S/C24H27N5O2S/c1-16-15-18(17(2)29(16)20-10-5-7-13-26-20)23-22(19-9-4-6-12-25-19)27-24(32)28(23)14-8-11-21(30)31-3/h4-7,9-10,12-13,15,22-23H,8,11,14H2,1-3H3,(H,27,32)/t22-,23+/m0/s1. The summed E-state index contributed by atoms with van der Waals surface area (Å²) in [6, 6.07) is 13.9. The Morgan fingerprint density at radius 3 is 2.56 bits per heavy atom. The lowest BCUT2D eigenvalue weighted by Crippen LogP contribution is -2.31. The summed E-state index contributed by atoms with van der Waals surface area (Å²) in [6.45, 7) is 4.84. The highest BCUT2D eigenvalue weighted by atomic mass is 32.1. The molecule has 3 aromatic rings. The van der Waals surface area contributed by atoms with Gasteiger partial charge in [-0.2, -0.15) is 0 Å². The number of rotatable bonds is 7. The SMILES string of the molecule is COC(=O)CCCN1C(=S)N[C@@H](c2ccccn2)[C@H]1c1cc(C)n(-c2ccccn2)c1C. The molecule has 1 saturated heterocycles. The van der Waals surface area contributed by atoms with Crippen molar-refractivity contribution in [3.05, 3.63) is 77.5 Å². The van der Waals surface area contributed by atoms with Gasteiger partial charge in [0.25, 0.3) is 0 Å². The Bertz CT molecular complexity index is 1100. The fraction of sp³-hybridized carbons (Fsp3) is 0.333. The van der Waals surface area contributed by atoms with Gasteiger partial charge in [0.05, 0.1) is 24.9 Å². The van der Waals surface area contributed by atoms with Crippen LogP contribution in [0.3, 0.4) is 0 Å². The van der Waals surface area contributed by atoms with E-state index in [-0.39, 0.29) is 18.1 Å². The first-order valence-electron chi connectivity index (χ1n) is 10.7. The minimum atomic E-state index is -0.214. The van der Waals surface area contributed by atoms with Gasteiger partial charge in [0.1, 0.15) is 5.82 Å². The molecule has 0 unspecified atom stereocenters. The lowest BCUT2D eigenvalue weighted by atomic mass is 9.96. The fourth-order valence-electron chi connectivity index (χ4n) is 4.41. The van der Waals surface area contributed by atoms with Crippen LogP contribution in [-0.4, -0.2) is 44.2 Å². The fourth-order valence-corrected chi connectivity index (χ4v) is 4.74. The molecule has 0 spiro atoms. The largest absolute Gasteiger partial charge is 0.469 e. The normalized spacial score (nSPS) is 18.0. The van der Waals surface area contributed by atoms with Gasteiger partial charge in [-0.05, 0) is 68.4 Å². The highest BCUT2D eigenvalue weighted by molar-refractivity contribution is 7.80. The Kier molecular flexibility index (Phi) is 6.50. The van der Waals surface area contributed by atoms with Crippen LogP contribution in [0.15, 0.2) is 54.9 Å². The number of nitrogens with zero attached hydrogens (tertiary/aromatic N) is 4. The zero-order chi connectivity index (χ0) is 22.7. The predicted molar refractivity (Wildman–Crippen MR) is 126 cm³/mol. The second-order valence-corrected chi connectivity index (χ2v) is 8.24. The number of nitrogens with one attached hydrogen (secondary N) is 1. The Labute approximate surface area is 193 Å². The molecule has 4 rings (SSSR count). The number of ether oxygens (including phenoxy) is 1. The summed E-state index contributed by atoms with van der Waals surface area (Å²) in [7, 11) is 1.41. The lowest BCUT2D eigenvalue weighted by Gasteiger charge is -2.28. The Hall–Kier alpha value is -3.26. The molecular weight excluding hydrogens is 422 g/mol. The molecule has 0 aliphatic carbocycles. The summed E-state index contributed by atoms with van der Waals surface area (Å²) >= 11 is 5.73. The minimum Gasteiger partial charge on any atom is -0.469 e. The van der Waals surface area contributed by atoms with Crippen LogP contribution in [0.1, 0.15) is 47.6 Å². The molecule has 0 bridgehead atoms. The number of methoxy groups -OCH3 is 1. The second-order valence-electron chi connectivity index (χ2n) is 7.85. The van der Waals surface area contributed by atoms with Crippen LogP contribution in [0.25, 0.3) is 5.82 Å². The zero-order valence-corrected chi connectivity index (χ0v) is 19.3.